The highest BCUT2D eigenvalue weighted by atomic mass is 19.4. The van der Waals surface area contributed by atoms with Crippen LogP contribution in [0.3, 0.4) is 0 Å². The maximum atomic E-state index is 13.0. The zero-order chi connectivity index (χ0) is 24.8. The van der Waals surface area contributed by atoms with Crippen molar-refractivity contribution in [3.05, 3.63) is 84.2 Å². The summed E-state index contributed by atoms with van der Waals surface area (Å²) in [4.78, 5) is 32.5. The fourth-order valence-corrected chi connectivity index (χ4v) is 3.65. The first-order chi connectivity index (χ1) is 16.8. The first-order valence-electron chi connectivity index (χ1n) is 10.9. The number of piperazine rings is 1. The normalized spacial score (nSPS) is 13.9. The third-order valence-corrected chi connectivity index (χ3v) is 5.47. The number of nitrogens with zero attached hydrogens (tertiary/aromatic N) is 3. The Bertz CT molecular complexity index is 1180. The zero-order valence-corrected chi connectivity index (χ0v) is 18.6. The lowest BCUT2D eigenvalue weighted by Gasteiger charge is -2.36. The third-order valence-electron chi connectivity index (χ3n) is 5.47. The minimum atomic E-state index is -4.42. The van der Waals surface area contributed by atoms with E-state index in [-0.39, 0.29) is 17.2 Å². The molecule has 1 fully saturated rings. The minimum absolute atomic E-state index is 0.165. The van der Waals surface area contributed by atoms with Gasteiger partial charge in [-0.3, -0.25) is 9.78 Å². The highest BCUT2D eigenvalue weighted by Gasteiger charge is 2.31. The van der Waals surface area contributed by atoms with Crippen LogP contribution >= 0.6 is 0 Å². The van der Waals surface area contributed by atoms with Gasteiger partial charge in [0.15, 0.2) is 6.61 Å². The predicted octanol–water partition coefficient (Wildman–Crippen LogP) is 4.40. The van der Waals surface area contributed by atoms with Crippen LogP contribution in [0.1, 0.15) is 15.9 Å². The number of aromatic nitrogens is 1. The maximum absolute atomic E-state index is 13.0. The molecule has 0 saturated carbocycles. The van der Waals surface area contributed by atoms with Gasteiger partial charge < -0.3 is 19.3 Å². The smallest absolute Gasteiger partial charge is 0.416 e. The van der Waals surface area contributed by atoms with E-state index in [1.807, 2.05) is 0 Å². The topological polar surface area (TPSA) is 72.0 Å². The van der Waals surface area contributed by atoms with Gasteiger partial charge in [0.05, 0.1) is 11.8 Å². The molecule has 1 amide bonds. The Morgan fingerprint density at radius 3 is 2.43 bits per heavy atom. The Labute approximate surface area is 199 Å². The molecule has 0 unspecified atom stereocenters. The predicted molar refractivity (Wildman–Crippen MR) is 121 cm³/mol. The van der Waals surface area contributed by atoms with E-state index in [0.717, 1.165) is 12.1 Å². The van der Waals surface area contributed by atoms with Gasteiger partial charge >= 0.3 is 12.1 Å². The lowest BCUT2D eigenvalue weighted by Crippen LogP contribution is -2.50. The van der Waals surface area contributed by atoms with Crippen LogP contribution in [0.25, 0.3) is 0 Å². The van der Waals surface area contributed by atoms with Gasteiger partial charge in [0.2, 0.25) is 0 Å². The van der Waals surface area contributed by atoms with Gasteiger partial charge in [-0.25, -0.2) is 4.79 Å². The Balaban J connectivity index is 1.31. The molecule has 4 rings (SSSR count). The molecule has 0 aliphatic carbocycles. The number of pyridine rings is 1. The average molecular weight is 485 g/mol. The molecule has 10 heteroatoms. The fraction of sp³-hybridized carbons (Fsp3) is 0.240. The molecule has 182 valence electrons. The Hall–Kier alpha value is -4.08. The third kappa shape index (κ3) is 6.08. The van der Waals surface area contributed by atoms with Gasteiger partial charge in [0, 0.05) is 38.1 Å². The first-order valence-corrected chi connectivity index (χ1v) is 10.9. The molecule has 7 nitrogen and oxygen atoms in total. The van der Waals surface area contributed by atoms with Crippen LogP contribution in [0, 0.1) is 0 Å². The van der Waals surface area contributed by atoms with E-state index in [0.29, 0.717) is 37.6 Å². The van der Waals surface area contributed by atoms with E-state index in [1.54, 1.807) is 47.5 Å². The molecule has 1 aromatic heterocycles. The van der Waals surface area contributed by atoms with Gasteiger partial charge in [-0.2, -0.15) is 13.2 Å². The molecular formula is C25H22F3N3O4. The van der Waals surface area contributed by atoms with Crippen molar-refractivity contribution in [2.75, 3.05) is 37.7 Å². The van der Waals surface area contributed by atoms with Crippen LogP contribution in [0.4, 0.5) is 18.9 Å². The molecule has 0 N–H and O–H groups in total. The number of para-hydroxylation sites is 1. The van der Waals surface area contributed by atoms with Crippen LogP contribution in [0.15, 0.2) is 73.1 Å². The summed E-state index contributed by atoms with van der Waals surface area (Å²) in [5.74, 6) is -0.372. The van der Waals surface area contributed by atoms with E-state index in [4.69, 9.17) is 9.47 Å². The van der Waals surface area contributed by atoms with Gasteiger partial charge in [0.1, 0.15) is 17.1 Å². The summed E-state index contributed by atoms with van der Waals surface area (Å²) in [6.45, 7) is 0.871. The second kappa shape index (κ2) is 10.5. The number of carbonyl (C=O) groups excluding carboxylic acids is 2. The van der Waals surface area contributed by atoms with Crippen molar-refractivity contribution >= 4 is 17.6 Å². The zero-order valence-electron chi connectivity index (χ0n) is 18.6. The molecule has 2 aromatic carbocycles. The van der Waals surface area contributed by atoms with Crippen molar-refractivity contribution < 1.29 is 32.2 Å². The van der Waals surface area contributed by atoms with Crippen molar-refractivity contribution in [3.8, 4) is 11.5 Å². The summed E-state index contributed by atoms with van der Waals surface area (Å²) in [5, 5.41) is 0. The molecule has 1 aliphatic rings. The number of halogens is 3. The molecule has 1 saturated heterocycles. The number of carbonyl (C=O) groups is 2. The van der Waals surface area contributed by atoms with E-state index < -0.39 is 24.3 Å². The Morgan fingerprint density at radius 1 is 0.943 bits per heavy atom. The van der Waals surface area contributed by atoms with Gasteiger partial charge in [-0.1, -0.05) is 18.2 Å². The molecule has 0 radical (unpaired) electrons. The number of benzene rings is 2. The van der Waals surface area contributed by atoms with Crippen molar-refractivity contribution in [2.24, 2.45) is 0 Å². The summed E-state index contributed by atoms with van der Waals surface area (Å²) in [6, 6.07) is 15.0. The number of hydrogen-bond acceptors (Lipinski definition) is 6. The lowest BCUT2D eigenvalue weighted by molar-refractivity contribution is -0.137. The minimum Gasteiger partial charge on any atom is -0.455 e. The van der Waals surface area contributed by atoms with Gasteiger partial charge in [-0.15, -0.1) is 0 Å². The van der Waals surface area contributed by atoms with Gasteiger partial charge in [0.25, 0.3) is 5.91 Å². The highest BCUT2D eigenvalue weighted by molar-refractivity contribution is 5.94. The molecule has 3 aromatic rings. The largest absolute Gasteiger partial charge is 0.455 e. The summed E-state index contributed by atoms with van der Waals surface area (Å²) in [6.07, 6.45) is -1.32. The monoisotopic (exact) mass is 485 g/mol. The van der Waals surface area contributed by atoms with Crippen molar-refractivity contribution in [1.29, 1.82) is 0 Å². The average Bonchev–Trinajstić information content (AvgIpc) is 2.88. The highest BCUT2D eigenvalue weighted by Crippen LogP contribution is 2.32. The van der Waals surface area contributed by atoms with E-state index >= 15 is 0 Å². The fourth-order valence-electron chi connectivity index (χ4n) is 3.65. The number of rotatable bonds is 6. The van der Waals surface area contributed by atoms with E-state index in [1.165, 1.54) is 23.2 Å². The van der Waals surface area contributed by atoms with Crippen LogP contribution in [-0.2, 0) is 15.7 Å². The van der Waals surface area contributed by atoms with Crippen LogP contribution in [-0.4, -0.2) is 54.5 Å². The number of alkyl halides is 3. The Kier molecular flexibility index (Phi) is 7.19. The second-order valence-electron chi connectivity index (χ2n) is 7.78. The molecule has 0 atom stereocenters. The molecule has 1 aliphatic heterocycles. The number of ether oxygens (including phenoxy) is 2. The van der Waals surface area contributed by atoms with Crippen LogP contribution in [0.5, 0.6) is 11.5 Å². The number of amides is 1. The van der Waals surface area contributed by atoms with Crippen LogP contribution in [0.2, 0.25) is 0 Å². The number of esters is 1. The van der Waals surface area contributed by atoms with E-state index in [2.05, 4.69) is 4.98 Å². The summed E-state index contributed by atoms with van der Waals surface area (Å²) in [7, 11) is 0. The van der Waals surface area contributed by atoms with Crippen LogP contribution < -0.4 is 9.64 Å². The van der Waals surface area contributed by atoms with Crippen molar-refractivity contribution in [2.45, 2.75) is 6.18 Å². The number of hydrogen-bond donors (Lipinski definition) is 0. The van der Waals surface area contributed by atoms with Gasteiger partial charge in [-0.05, 0) is 42.5 Å². The molecule has 0 bridgehead atoms. The second-order valence-corrected chi connectivity index (χ2v) is 7.78. The summed E-state index contributed by atoms with van der Waals surface area (Å²) in [5.41, 5.74) is -0.102. The van der Waals surface area contributed by atoms with Crippen molar-refractivity contribution in [3.63, 3.8) is 0 Å². The molecule has 2 heterocycles. The lowest BCUT2D eigenvalue weighted by atomic mass is 10.1. The molecular weight excluding hydrogens is 463 g/mol. The maximum Gasteiger partial charge on any atom is 0.416 e. The quantitative estimate of drug-likeness (QED) is 0.482. The molecule has 0 spiro atoms. The van der Waals surface area contributed by atoms with E-state index in [9.17, 15) is 22.8 Å². The standard InChI is InChI=1S/C25H22F3N3O4/c26-25(27,28)18-5-3-6-19(15-18)30-11-13-31(14-12-30)23(32)17-34-24(33)21-8-1-2-9-22(21)35-20-7-4-10-29-16-20/h1-10,15-16H,11-14,17H2. The molecule has 35 heavy (non-hydrogen) atoms. The Morgan fingerprint density at radius 2 is 1.71 bits per heavy atom. The first kappa shape index (κ1) is 24.1. The number of anilines is 1. The SMILES string of the molecule is O=C(OCC(=O)N1CCN(c2cccc(C(F)(F)F)c2)CC1)c1ccccc1Oc1cccnc1. The summed E-state index contributed by atoms with van der Waals surface area (Å²) < 4.78 is 49.9. The van der Waals surface area contributed by atoms with Crippen molar-refractivity contribution in [1.82, 2.24) is 9.88 Å². The summed E-state index contributed by atoms with van der Waals surface area (Å²) >= 11 is 0.